The lowest BCUT2D eigenvalue weighted by atomic mass is 10.2. The maximum Gasteiger partial charge on any atom is 0.416 e. The number of nitrogens with zero attached hydrogens (tertiary/aromatic N) is 1. The number of alkyl halides is 3. The van der Waals surface area contributed by atoms with Gasteiger partial charge in [-0.25, -0.2) is 13.2 Å². The first-order valence-corrected chi connectivity index (χ1v) is 11.2. The molecule has 12 heteroatoms. The minimum Gasteiger partial charge on any atom is -0.452 e. The van der Waals surface area contributed by atoms with Gasteiger partial charge in [-0.05, 0) is 55.3 Å². The van der Waals surface area contributed by atoms with Crippen molar-refractivity contribution in [1.29, 1.82) is 0 Å². The average molecular weight is 491 g/mol. The molecular formula is C20H18ClF3N2O5S. The first-order valence-electron chi connectivity index (χ1n) is 9.42. The molecule has 7 nitrogen and oxygen atoms in total. The molecule has 0 aromatic heterocycles. The Morgan fingerprint density at radius 1 is 1.06 bits per heavy atom. The molecule has 2 aromatic carbocycles. The summed E-state index contributed by atoms with van der Waals surface area (Å²) in [7, 11) is -3.64. The number of nitrogens with one attached hydrogen (secondary N) is 1. The highest BCUT2D eigenvalue weighted by molar-refractivity contribution is 7.89. The third-order valence-corrected chi connectivity index (χ3v) is 6.94. The van der Waals surface area contributed by atoms with Crippen LogP contribution in [0.5, 0.6) is 0 Å². The highest BCUT2D eigenvalue weighted by Gasteiger charge is 2.31. The molecule has 0 spiro atoms. The van der Waals surface area contributed by atoms with Crippen molar-refractivity contribution in [2.75, 3.05) is 25.0 Å². The van der Waals surface area contributed by atoms with Crippen molar-refractivity contribution >= 4 is 39.2 Å². The van der Waals surface area contributed by atoms with E-state index in [1.54, 1.807) is 0 Å². The number of ether oxygens (including phenoxy) is 1. The van der Waals surface area contributed by atoms with E-state index in [9.17, 15) is 31.2 Å². The zero-order valence-corrected chi connectivity index (χ0v) is 18.1. The summed E-state index contributed by atoms with van der Waals surface area (Å²) in [4.78, 5) is 24.2. The second-order valence-corrected chi connectivity index (χ2v) is 9.30. The standard InChI is InChI=1S/C20H18ClF3N2O5S/c21-16-8-5-14(20(22,23)24)11-17(16)25-18(27)12-31-19(28)13-3-6-15(7-4-13)32(29,30)26-9-1-2-10-26/h3-8,11H,1-2,9-10,12H2,(H,25,27). The molecule has 1 amide bonds. The maximum atomic E-state index is 12.8. The van der Waals surface area contributed by atoms with Gasteiger partial charge in [-0.2, -0.15) is 17.5 Å². The molecule has 1 aliphatic rings. The second kappa shape index (κ2) is 9.47. The fourth-order valence-corrected chi connectivity index (χ4v) is 4.72. The lowest BCUT2D eigenvalue weighted by Crippen LogP contribution is -2.27. The number of carbonyl (C=O) groups excluding carboxylic acids is 2. The predicted molar refractivity (Wildman–Crippen MR) is 110 cm³/mol. The van der Waals surface area contributed by atoms with Crippen LogP contribution in [-0.2, 0) is 25.7 Å². The summed E-state index contributed by atoms with van der Waals surface area (Å²) in [5, 5.41) is 2.04. The van der Waals surface area contributed by atoms with Crippen LogP contribution in [0.2, 0.25) is 5.02 Å². The van der Waals surface area contributed by atoms with Gasteiger partial charge in [0, 0.05) is 13.1 Å². The van der Waals surface area contributed by atoms with Crippen LogP contribution in [0.3, 0.4) is 0 Å². The first-order chi connectivity index (χ1) is 15.0. The van der Waals surface area contributed by atoms with E-state index >= 15 is 0 Å². The van der Waals surface area contributed by atoms with Gasteiger partial charge in [0.05, 0.1) is 26.7 Å². The quantitative estimate of drug-likeness (QED) is 0.619. The summed E-state index contributed by atoms with van der Waals surface area (Å²) in [6, 6.07) is 7.48. The first kappa shape index (κ1) is 24.0. The molecule has 172 valence electrons. The molecule has 3 rings (SSSR count). The smallest absolute Gasteiger partial charge is 0.416 e. The zero-order valence-electron chi connectivity index (χ0n) is 16.5. The fraction of sp³-hybridized carbons (Fsp3) is 0.300. The van der Waals surface area contributed by atoms with Crippen LogP contribution < -0.4 is 5.32 Å². The van der Waals surface area contributed by atoms with Crippen LogP contribution in [0.4, 0.5) is 18.9 Å². The van der Waals surface area contributed by atoms with Crippen LogP contribution in [-0.4, -0.2) is 44.3 Å². The van der Waals surface area contributed by atoms with Crippen LogP contribution in [0, 0.1) is 0 Å². The predicted octanol–water partition coefficient (Wildman–Crippen LogP) is 3.94. The molecule has 1 saturated heterocycles. The average Bonchev–Trinajstić information content (AvgIpc) is 3.29. The second-order valence-electron chi connectivity index (χ2n) is 6.95. The Bertz CT molecular complexity index is 1120. The van der Waals surface area contributed by atoms with Gasteiger partial charge < -0.3 is 10.1 Å². The Morgan fingerprint density at radius 2 is 1.69 bits per heavy atom. The molecule has 0 unspecified atom stereocenters. The largest absolute Gasteiger partial charge is 0.452 e. The summed E-state index contributed by atoms with van der Waals surface area (Å²) in [6.45, 7) is 0.105. The molecule has 0 bridgehead atoms. The molecule has 1 N–H and O–H groups in total. The van der Waals surface area contributed by atoms with Gasteiger partial charge in [0.2, 0.25) is 10.0 Å². The lowest BCUT2D eigenvalue weighted by molar-refractivity contribution is -0.137. The number of hydrogen-bond acceptors (Lipinski definition) is 5. The van der Waals surface area contributed by atoms with Crippen LogP contribution in [0.25, 0.3) is 0 Å². The van der Waals surface area contributed by atoms with Crippen molar-refractivity contribution in [2.45, 2.75) is 23.9 Å². The van der Waals surface area contributed by atoms with Crippen molar-refractivity contribution in [3.63, 3.8) is 0 Å². The summed E-state index contributed by atoms with van der Waals surface area (Å²) in [6.07, 6.45) is -3.04. The van der Waals surface area contributed by atoms with Crippen molar-refractivity contribution in [1.82, 2.24) is 4.31 Å². The Balaban J connectivity index is 1.59. The molecule has 32 heavy (non-hydrogen) atoms. The molecule has 0 saturated carbocycles. The monoisotopic (exact) mass is 490 g/mol. The van der Waals surface area contributed by atoms with Gasteiger partial charge in [0.15, 0.2) is 6.61 Å². The molecular weight excluding hydrogens is 473 g/mol. The number of anilines is 1. The van der Waals surface area contributed by atoms with Gasteiger partial charge in [-0.15, -0.1) is 0 Å². The van der Waals surface area contributed by atoms with Gasteiger partial charge in [0.1, 0.15) is 0 Å². The number of sulfonamides is 1. The lowest BCUT2D eigenvalue weighted by Gasteiger charge is -2.15. The normalized spacial score (nSPS) is 14.9. The fourth-order valence-electron chi connectivity index (χ4n) is 3.04. The molecule has 0 atom stereocenters. The van der Waals surface area contributed by atoms with E-state index in [4.69, 9.17) is 16.3 Å². The minimum absolute atomic E-state index is 0.00951. The summed E-state index contributed by atoms with van der Waals surface area (Å²) in [5.74, 6) is -1.80. The van der Waals surface area contributed by atoms with E-state index in [1.165, 1.54) is 28.6 Å². The number of carbonyl (C=O) groups is 2. The van der Waals surface area contributed by atoms with E-state index in [2.05, 4.69) is 5.32 Å². The Labute approximate surface area is 187 Å². The van der Waals surface area contributed by atoms with Crippen LogP contribution in [0.1, 0.15) is 28.8 Å². The van der Waals surface area contributed by atoms with Crippen molar-refractivity contribution < 1.29 is 35.9 Å². The number of amides is 1. The van der Waals surface area contributed by atoms with Crippen LogP contribution in [0.15, 0.2) is 47.4 Å². The van der Waals surface area contributed by atoms with Gasteiger partial charge >= 0.3 is 12.1 Å². The molecule has 2 aromatic rings. The van der Waals surface area contributed by atoms with Crippen molar-refractivity contribution in [2.24, 2.45) is 0 Å². The van der Waals surface area contributed by atoms with E-state index in [0.717, 1.165) is 25.0 Å². The van der Waals surface area contributed by atoms with Crippen LogP contribution >= 0.6 is 11.6 Å². The highest BCUT2D eigenvalue weighted by Crippen LogP contribution is 2.33. The molecule has 1 fully saturated rings. The molecule has 1 aliphatic heterocycles. The zero-order chi connectivity index (χ0) is 23.5. The van der Waals surface area contributed by atoms with Gasteiger partial charge in [-0.3, -0.25) is 4.79 Å². The third kappa shape index (κ3) is 5.59. The number of hydrogen-bond donors (Lipinski definition) is 1. The topological polar surface area (TPSA) is 92.8 Å². The highest BCUT2D eigenvalue weighted by atomic mass is 35.5. The minimum atomic E-state index is -4.62. The Morgan fingerprint density at radius 3 is 2.28 bits per heavy atom. The van der Waals surface area contributed by atoms with E-state index in [1.807, 2.05) is 0 Å². The van der Waals surface area contributed by atoms with Gasteiger partial charge in [-0.1, -0.05) is 11.6 Å². The number of rotatable bonds is 6. The number of halogens is 4. The number of esters is 1. The maximum absolute atomic E-state index is 12.8. The van der Waals surface area contributed by atoms with Gasteiger partial charge in [0.25, 0.3) is 5.91 Å². The Hall–Kier alpha value is -2.63. The summed E-state index contributed by atoms with van der Waals surface area (Å²) >= 11 is 5.81. The van der Waals surface area contributed by atoms with Crippen molar-refractivity contribution in [3.8, 4) is 0 Å². The summed E-state index contributed by atoms with van der Waals surface area (Å²) in [5.41, 5.74) is -1.27. The Kier molecular flexibility index (Phi) is 7.11. The number of benzene rings is 2. The van der Waals surface area contributed by atoms with Crippen molar-refractivity contribution in [3.05, 3.63) is 58.6 Å². The SMILES string of the molecule is O=C(COC(=O)c1ccc(S(=O)(=O)N2CCCC2)cc1)Nc1cc(C(F)(F)F)ccc1Cl. The van der Waals surface area contributed by atoms with E-state index in [-0.39, 0.29) is 21.2 Å². The van der Waals surface area contributed by atoms with E-state index in [0.29, 0.717) is 19.2 Å². The molecule has 0 aliphatic carbocycles. The molecule has 0 radical (unpaired) electrons. The molecule has 1 heterocycles. The van der Waals surface area contributed by atoms with E-state index < -0.39 is 40.2 Å². The summed E-state index contributed by atoms with van der Waals surface area (Å²) < 4.78 is 69.6. The third-order valence-electron chi connectivity index (χ3n) is 4.69.